The first-order valence-corrected chi connectivity index (χ1v) is 9.18. The Kier molecular flexibility index (Phi) is 5.12. The first-order valence-electron chi connectivity index (χ1n) is 9.18. The lowest BCUT2D eigenvalue weighted by molar-refractivity contribution is 0.102. The van der Waals surface area contributed by atoms with Crippen LogP contribution in [0.1, 0.15) is 10.4 Å². The van der Waals surface area contributed by atoms with E-state index in [0.717, 1.165) is 22.2 Å². The van der Waals surface area contributed by atoms with E-state index in [2.05, 4.69) is 5.32 Å². The van der Waals surface area contributed by atoms with Crippen molar-refractivity contribution in [2.75, 3.05) is 19.5 Å². The van der Waals surface area contributed by atoms with Gasteiger partial charge >= 0.3 is 0 Å². The molecule has 0 atom stereocenters. The maximum atomic E-state index is 13.1. The molecular formula is C24H20N2O3. The minimum atomic E-state index is -0.184. The molecule has 0 aliphatic heterocycles. The summed E-state index contributed by atoms with van der Waals surface area (Å²) in [6, 6.07) is 24.4. The number of para-hydroxylation sites is 2. The van der Waals surface area contributed by atoms with Crippen LogP contribution >= 0.6 is 0 Å². The number of carbonyl (C=O) groups is 1. The predicted octanol–water partition coefficient (Wildman–Crippen LogP) is 5.17. The van der Waals surface area contributed by atoms with E-state index < -0.39 is 0 Å². The molecule has 29 heavy (non-hydrogen) atoms. The second kappa shape index (κ2) is 8.02. The second-order valence-electron chi connectivity index (χ2n) is 6.46. The van der Waals surface area contributed by atoms with Crippen LogP contribution in [0.25, 0.3) is 22.2 Å². The number of carbonyl (C=O) groups excluding carboxylic acids is 1. The van der Waals surface area contributed by atoms with E-state index in [1.807, 2.05) is 78.9 Å². The van der Waals surface area contributed by atoms with Gasteiger partial charge in [0.2, 0.25) is 0 Å². The van der Waals surface area contributed by atoms with Crippen LogP contribution in [0.5, 0.6) is 11.5 Å². The lowest BCUT2D eigenvalue weighted by atomic mass is 10.0. The number of rotatable bonds is 5. The van der Waals surface area contributed by atoms with Gasteiger partial charge in [-0.3, -0.25) is 4.79 Å². The van der Waals surface area contributed by atoms with Crippen molar-refractivity contribution in [2.24, 2.45) is 0 Å². The van der Waals surface area contributed by atoms with Crippen LogP contribution in [0.3, 0.4) is 0 Å². The standard InChI is InChI=1S/C24H20N2O3/c1-28-22-13-12-16(14-23(22)29-2)21-15-19(18-10-6-7-11-20(18)26-21)24(27)25-17-8-4-3-5-9-17/h3-15H,1-2H3,(H,25,27). The SMILES string of the molecule is COc1ccc(-c2cc(C(=O)Nc3ccccc3)c3ccccc3n2)cc1OC. The van der Waals surface area contributed by atoms with E-state index in [9.17, 15) is 4.79 Å². The monoisotopic (exact) mass is 384 g/mol. The molecule has 0 saturated carbocycles. The molecule has 4 aromatic rings. The molecule has 0 bridgehead atoms. The third-order valence-corrected chi connectivity index (χ3v) is 4.67. The van der Waals surface area contributed by atoms with Gasteiger partial charge in [0.15, 0.2) is 11.5 Å². The molecule has 144 valence electrons. The number of methoxy groups -OCH3 is 2. The summed E-state index contributed by atoms with van der Waals surface area (Å²) in [6.45, 7) is 0. The summed E-state index contributed by atoms with van der Waals surface area (Å²) < 4.78 is 10.7. The van der Waals surface area contributed by atoms with Crippen molar-refractivity contribution < 1.29 is 14.3 Å². The van der Waals surface area contributed by atoms with Crippen LogP contribution in [0.4, 0.5) is 5.69 Å². The highest BCUT2D eigenvalue weighted by Gasteiger charge is 2.15. The van der Waals surface area contributed by atoms with Gasteiger partial charge in [-0.1, -0.05) is 36.4 Å². The zero-order valence-corrected chi connectivity index (χ0v) is 16.2. The fourth-order valence-corrected chi connectivity index (χ4v) is 3.23. The number of nitrogens with zero attached hydrogens (tertiary/aromatic N) is 1. The Labute approximate surface area is 168 Å². The number of fused-ring (bicyclic) bond motifs is 1. The Morgan fingerprint density at radius 2 is 1.55 bits per heavy atom. The molecule has 1 heterocycles. The van der Waals surface area contributed by atoms with E-state index >= 15 is 0 Å². The molecule has 1 N–H and O–H groups in total. The van der Waals surface area contributed by atoms with Gasteiger partial charge in [-0.05, 0) is 42.5 Å². The van der Waals surface area contributed by atoms with Crippen LogP contribution in [0, 0.1) is 0 Å². The minimum absolute atomic E-state index is 0.184. The zero-order chi connectivity index (χ0) is 20.2. The molecule has 1 amide bonds. The largest absolute Gasteiger partial charge is 0.493 e. The minimum Gasteiger partial charge on any atom is -0.493 e. The molecule has 0 saturated heterocycles. The molecule has 0 radical (unpaired) electrons. The summed E-state index contributed by atoms with van der Waals surface area (Å²) in [5.74, 6) is 1.06. The van der Waals surface area contributed by atoms with Crippen molar-refractivity contribution in [3.05, 3.63) is 84.4 Å². The van der Waals surface area contributed by atoms with E-state index in [1.165, 1.54) is 0 Å². The molecule has 4 rings (SSSR count). The normalized spacial score (nSPS) is 10.6. The lowest BCUT2D eigenvalue weighted by Crippen LogP contribution is -2.13. The molecule has 5 heteroatoms. The molecule has 0 unspecified atom stereocenters. The molecule has 0 aliphatic carbocycles. The summed E-state index contributed by atoms with van der Waals surface area (Å²) in [5.41, 5.74) is 3.57. The maximum absolute atomic E-state index is 13.1. The topological polar surface area (TPSA) is 60.5 Å². The Balaban J connectivity index is 1.82. The summed E-state index contributed by atoms with van der Waals surface area (Å²) in [6.07, 6.45) is 0. The second-order valence-corrected chi connectivity index (χ2v) is 6.46. The molecule has 0 fully saturated rings. The summed E-state index contributed by atoms with van der Waals surface area (Å²) in [4.78, 5) is 17.8. The maximum Gasteiger partial charge on any atom is 0.256 e. The summed E-state index contributed by atoms with van der Waals surface area (Å²) in [7, 11) is 3.19. The third-order valence-electron chi connectivity index (χ3n) is 4.67. The van der Waals surface area contributed by atoms with Gasteiger partial charge in [0.1, 0.15) is 0 Å². The zero-order valence-electron chi connectivity index (χ0n) is 16.2. The number of benzene rings is 3. The highest BCUT2D eigenvalue weighted by molar-refractivity contribution is 6.13. The number of nitrogens with one attached hydrogen (secondary N) is 1. The van der Waals surface area contributed by atoms with Crippen molar-refractivity contribution in [3.63, 3.8) is 0 Å². The third kappa shape index (κ3) is 3.75. The van der Waals surface area contributed by atoms with Gasteiger partial charge in [0, 0.05) is 16.6 Å². The number of hydrogen-bond donors (Lipinski definition) is 1. The number of hydrogen-bond acceptors (Lipinski definition) is 4. The van der Waals surface area contributed by atoms with Crippen LogP contribution < -0.4 is 14.8 Å². The Hall–Kier alpha value is -3.86. The molecule has 0 spiro atoms. The lowest BCUT2D eigenvalue weighted by Gasteiger charge is -2.12. The highest BCUT2D eigenvalue weighted by Crippen LogP contribution is 2.33. The Morgan fingerprint density at radius 3 is 2.31 bits per heavy atom. The van der Waals surface area contributed by atoms with E-state index in [0.29, 0.717) is 22.8 Å². The average Bonchev–Trinajstić information content (AvgIpc) is 2.78. The van der Waals surface area contributed by atoms with Gasteiger partial charge in [0.05, 0.1) is 31.0 Å². The van der Waals surface area contributed by atoms with Crippen molar-refractivity contribution in [2.45, 2.75) is 0 Å². The molecule has 1 aromatic heterocycles. The van der Waals surface area contributed by atoms with Crippen LogP contribution in [0.2, 0.25) is 0 Å². The van der Waals surface area contributed by atoms with Crippen LogP contribution in [0.15, 0.2) is 78.9 Å². The first kappa shape index (κ1) is 18.5. The number of pyridine rings is 1. The number of ether oxygens (including phenoxy) is 2. The predicted molar refractivity (Wildman–Crippen MR) is 115 cm³/mol. The van der Waals surface area contributed by atoms with Crippen LogP contribution in [-0.2, 0) is 0 Å². The molecule has 3 aromatic carbocycles. The fraction of sp³-hybridized carbons (Fsp3) is 0.0833. The smallest absolute Gasteiger partial charge is 0.256 e. The number of amides is 1. The number of anilines is 1. The Bertz CT molecular complexity index is 1170. The fourth-order valence-electron chi connectivity index (χ4n) is 3.23. The summed E-state index contributed by atoms with van der Waals surface area (Å²) >= 11 is 0. The van der Waals surface area contributed by atoms with Crippen molar-refractivity contribution in [1.29, 1.82) is 0 Å². The molecule has 5 nitrogen and oxygen atoms in total. The Morgan fingerprint density at radius 1 is 0.828 bits per heavy atom. The van der Waals surface area contributed by atoms with Crippen molar-refractivity contribution >= 4 is 22.5 Å². The quantitative estimate of drug-likeness (QED) is 0.516. The van der Waals surface area contributed by atoms with Gasteiger partial charge in [-0.15, -0.1) is 0 Å². The highest BCUT2D eigenvalue weighted by atomic mass is 16.5. The van der Waals surface area contributed by atoms with Crippen molar-refractivity contribution in [1.82, 2.24) is 4.98 Å². The summed E-state index contributed by atoms with van der Waals surface area (Å²) in [5, 5.41) is 3.75. The van der Waals surface area contributed by atoms with Gasteiger partial charge in [-0.2, -0.15) is 0 Å². The van der Waals surface area contributed by atoms with Gasteiger partial charge < -0.3 is 14.8 Å². The molecule has 0 aliphatic rings. The van der Waals surface area contributed by atoms with E-state index in [-0.39, 0.29) is 5.91 Å². The van der Waals surface area contributed by atoms with E-state index in [1.54, 1.807) is 14.2 Å². The average molecular weight is 384 g/mol. The van der Waals surface area contributed by atoms with E-state index in [4.69, 9.17) is 14.5 Å². The van der Waals surface area contributed by atoms with Crippen molar-refractivity contribution in [3.8, 4) is 22.8 Å². The first-order chi connectivity index (χ1) is 14.2. The number of aromatic nitrogens is 1. The molecular weight excluding hydrogens is 364 g/mol. The van der Waals surface area contributed by atoms with Gasteiger partial charge in [-0.25, -0.2) is 4.98 Å². The van der Waals surface area contributed by atoms with Gasteiger partial charge in [0.25, 0.3) is 5.91 Å². The van der Waals surface area contributed by atoms with Crippen LogP contribution in [-0.4, -0.2) is 25.1 Å².